The third-order valence-electron chi connectivity index (χ3n) is 4.48. The molecule has 4 rings (SSSR count). The van der Waals surface area contributed by atoms with E-state index in [1.807, 2.05) is 54.6 Å². The average Bonchev–Trinajstić information content (AvgIpc) is 3.24. The van der Waals surface area contributed by atoms with Crippen LogP contribution in [0.1, 0.15) is 18.4 Å². The minimum atomic E-state index is 0.593. The number of nitrogens with zero attached hydrogens (tertiary/aromatic N) is 4. The Bertz CT molecular complexity index is 940. The average molecular weight is 341 g/mol. The molecule has 1 aliphatic heterocycles. The monoisotopic (exact) mass is 341 g/mol. The highest BCUT2D eigenvalue weighted by molar-refractivity contribution is 5.68. The van der Waals surface area contributed by atoms with Crippen molar-refractivity contribution in [2.75, 3.05) is 23.3 Å². The van der Waals surface area contributed by atoms with Gasteiger partial charge in [0, 0.05) is 24.7 Å². The van der Waals surface area contributed by atoms with Gasteiger partial charge >= 0.3 is 0 Å². The molecule has 1 fully saturated rings. The van der Waals surface area contributed by atoms with Gasteiger partial charge in [0.25, 0.3) is 0 Å². The smallest absolute Gasteiger partial charge is 0.163 e. The second-order valence-corrected chi connectivity index (χ2v) is 6.28. The highest BCUT2D eigenvalue weighted by Gasteiger charge is 2.17. The van der Waals surface area contributed by atoms with E-state index in [0.717, 1.165) is 30.2 Å². The Balaban J connectivity index is 1.76. The largest absolute Gasteiger partial charge is 0.356 e. The molecule has 1 saturated heterocycles. The van der Waals surface area contributed by atoms with Crippen LogP contribution >= 0.6 is 0 Å². The maximum absolute atomic E-state index is 9.33. The van der Waals surface area contributed by atoms with Crippen LogP contribution in [0.3, 0.4) is 0 Å². The third-order valence-corrected chi connectivity index (χ3v) is 4.48. The van der Waals surface area contributed by atoms with Crippen LogP contribution in [-0.4, -0.2) is 23.1 Å². The van der Waals surface area contributed by atoms with Crippen molar-refractivity contribution in [3.63, 3.8) is 0 Å². The van der Waals surface area contributed by atoms with Crippen LogP contribution in [0.25, 0.3) is 11.4 Å². The van der Waals surface area contributed by atoms with Gasteiger partial charge in [0.2, 0.25) is 0 Å². The third kappa shape index (κ3) is 3.35. The van der Waals surface area contributed by atoms with Crippen molar-refractivity contribution in [1.29, 1.82) is 5.26 Å². The van der Waals surface area contributed by atoms with E-state index in [1.54, 1.807) is 6.07 Å². The molecule has 1 aliphatic rings. The summed E-state index contributed by atoms with van der Waals surface area (Å²) in [6, 6.07) is 21.6. The fourth-order valence-corrected chi connectivity index (χ4v) is 3.15. The molecule has 0 radical (unpaired) electrons. The van der Waals surface area contributed by atoms with Gasteiger partial charge in [0.15, 0.2) is 5.82 Å². The Kier molecular flexibility index (Phi) is 4.48. The zero-order valence-electron chi connectivity index (χ0n) is 14.4. The molecule has 2 aromatic carbocycles. The number of nitriles is 1. The van der Waals surface area contributed by atoms with Gasteiger partial charge in [0.1, 0.15) is 17.7 Å². The van der Waals surface area contributed by atoms with Gasteiger partial charge in [-0.3, -0.25) is 0 Å². The standard InChI is InChI=1S/C21H19N5/c22-15-17-10-4-5-11-18(17)23-19-14-20(26-12-6-7-13-26)25-21(24-19)16-8-2-1-3-9-16/h1-5,8-11,14H,6-7,12-13H2,(H,23,24,25). The van der Waals surface area contributed by atoms with Crippen molar-refractivity contribution in [1.82, 2.24) is 9.97 Å². The maximum atomic E-state index is 9.33. The molecule has 0 unspecified atom stereocenters. The fraction of sp³-hybridized carbons (Fsp3) is 0.190. The lowest BCUT2D eigenvalue weighted by Crippen LogP contribution is -2.19. The van der Waals surface area contributed by atoms with Gasteiger partial charge in [0.05, 0.1) is 11.3 Å². The van der Waals surface area contributed by atoms with Crippen LogP contribution in [0, 0.1) is 11.3 Å². The summed E-state index contributed by atoms with van der Waals surface area (Å²) in [5.74, 6) is 2.31. The first kappa shape index (κ1) is 16.1. The second-order valence-electron chi connectivity index (χ2n) is 6.28. The van der Waals surface area contributed by atoms with Crippen LogP contribution in [0.4, 0.5) is 17.3 Å². The molecule has 5 heteroatoms. The lowest BCUT2D eigenvalue weighted by Gasteiger charge is -2.18. The lowest BCUT2D eigenvalue weighted by molar-refractivity contribution is 0.931. The lowest BCUT2D eigenvalue weighted by atomic mass is 10.2. The predicted octanol–water partition coefficient (Wildman–Crippen LogP) is 4.36. The number of hydrogen-bond donors (Lipinski definition) is 1. The van der Waals surface area contributed by atoms with E-state index >= 15 is 0 Å². The topological polar surface area (TPSA) is 64.8 Å². The first-order valence-corrected chi connectivity index (χ1v) is 8.79. The molecule has 2 heterocycles. The summed E-state index contributed by atoms with van der Waals surface area (Å²) < 4.78 is 0. The molecule has 0 aliphatic carbocycles. The summed E-state index contributed by atoms with van der Waals surface area (Å²) in [7, 11) is 0. The van der Waals surface area contributed by atoms with Crippen molar-refractivity contribution in [2.24, 2.45) is 0 Å². The SMILES string of the molecule is N#Cc1ccccc1Nc1cc(N2CCCC2)nc(-c2ccccc2)n1. The van der Waals surface area contributed by atoms with E-state index in [-0.39, 0.29) is 0 Å². The van der Waals surface area contributed by atoms with Crippen LogP contribution in [0.5, 0.6) is 0 Å². The Morgan fingerprint density at radius 2 is 1.65 bits per heavy atom. The number of benzene rings is 2. The van der Waals surface area contributed by atoms with Crippen molar-refractivity contribution in [3.05, 3.63) is 66.2 Å². The Morgan fingerprint density at radius 3 is 2.42 bits per heavy atom. The van der Waals surface area contributed by atoms with E-state index in [1.165, 1.54) is 12.8 Å². The number of hydrogen-bond acceptors (Lipinski definition) is 5. The molecule has 3 aromatic rings. The molecule has 5 nitrogen and oxygen atoms in total. The maximum Gasteiger partial charge on any atom is 0.163 e. The Hall–Kier alpha value is -3.39. The molecule has 0 amide bonds. The van der Waals surface area contributed by atoms with E-state index in [9.17, 15) is 5.26 Å². The summed E-state index contributed by atoms with van der Waals surface area (Å²) in [4.78, 5) is 11.8. The predicted molar refractivity (Wildman–Crippen MR) is 103 cm³/mol. The summed E-state index contributed by atoms with van der Waals surface area (Å²) >= 11 is 0. The highest BCUT2D eigenvalue weighted by Crippen LogP contribution is 2.27. The van der Waals surface area contributed by atoms with Crippen LogP contribution in [-0.2, 0) is 0 Å². The normalized spacial score (nSPS) is 13.4. The van der Waals surface area contributed by atoms with Gasteiger partial charge in [-0.1, -0.05) is 42.5 Å². The molecule has 26 heavy (non-hydrogen) atoms. The van der Waals surface area contributed by atoms with Gasteiger partial charge in [-0.15, -0.1) is 0 Å². The summed E-state index contributed by atoms with van der Waals surface area (Å²) in [6.45, 7) is 2.03. The minimum absolute atomic E-state index is 0.593. The van der Waals surface area contributed by atoms with Gasteiger partial charge in [-0.05, 0) is 25.0 Å². The number of anilines is 3. The highest BCUT2D eigenvalue weighted by atomic mass is 15.2. The Morgan fingerprint density at radius 1 is 0.923 bits per heavy atom. The van der Waals surface area contributed by atoms with Crippen molar-refractivity contribution in [2.45, 2.75) is 12.8 Å². The first-order valence-electron chi connectivity index (χ1n) is 8.79. The minimum Gasteiger partial charge on any atom is -0.356 e. The summed E-state index contributed by atoms with van der Waals surface area (Å²) in [5, 5.41) is 12.6. The fourth-order valence-electron chi connectivity index (χ4n) is 3.15. The molecule has 1 N–H and O–H groups in total. The zero-order valence-corrected chi connectivity index (χ0v) is 14.4. The van der Waals surface area contributed by atoms with Gasteiger partial charge in [-0.25, -0.2) is 9.97 Å². The van der Waals surface area contributed by atoms with Crippen LogP contribution in [0.15, 0.2) is 60.7 Å². The van der Waals surface area contributed by atoms with E-state index in [0.29, 0.717) is 17.2 Å². The molecule has 128 valence electrons. The molecule has 1 aromatic heterocycles. The van der Waals surface area contributed by atoms with Gasteiger partial charge in [-0.2, -0.15) is 5.26 Å². The van der Waals surface area contributed by atoms with Crippen LogP contribution in [0.2, 0.25) is 0 Å². The zero-order chi connectivity index (χ0) is 17.8. The quantitative estimate of drug-likeness (QED) is 0.764. The molecular weight excluding hydrogens is 322 g/mol. The molecule has 0 saturated carbocycles. The van der Waals surface area contributed by atoms with Crippen molar-refractivity contribution >= 4 is 17.3 Å². The number of para-hydroxylation sites is 1. The Labute approximate surface area is 153 Å². The van der Waals surface area contributed by atoms with E-state index in [4.69, 9.17) is 4.98 Å². The van der Waals surface area contributed by atoms with Crippen LogP contribution < -0.4 is 10.2 Å². The number of rotatable bonds is 4. The van der Waals surface area contributed by atoms with Crippen molar-refractivity contribution in [3.8, 4) is 17.5 Å². The molecule has 0 bridgehead atoms. The first-order chi connectivity index (χ1) is 12.8. The van der Waals surface area contributed by atoms with E-state index < -0.39 is 0 Å². The molecular formula is C21H19N5. The van der Waals surface area contributed by atoms with Gasteiger partial charge < -0.3 is 10.2 Å². The molecule has 0 spiro atoms. The van der Waals surface area contributed by atoms with Crippen molar-refractivity contribution < 1.29 is 0 Å². The molecule has 0 atom stereocenters. The number of nitrogens with one attached hydrogen (secondary N) is 1. The number of aromatic nitrogens is 2. The summed E-state index contributed by atoms with van der Waals surface area (Å²) in [6.07, 6.45) is 2.37. The second kappa shape index (κ2) is 7.24. The summed E-state index contributed by atoms with van der Waals surface area (Å²) in [5.41, 5.74) is 2.32. The van der Waals surface area contributed by atoms with E-state index in [2.05, 4.69) is 21.3 Å².